The fourth-order valence-corrected chi connectivity index (χ4v) is 3.89. The quantitative estimate of drug-likeness (QED) is 0.892. The van der Waals surface area contributed by atoms with Crippen LogP contribution in [0.4, 0.5) is 0 Å². The van der Waals surface area contributed by atoms with Gasteiger partial charge in [-0.25, -0.2) is 4.98 Å². The van der Waals surface area contributed by atoms with Gasteiger partial charge in [0.25, 0.3) is 0 Å². The van der Waals surface area contributed by atoms with Crippen molar-refractivity contribution >= 4 is 18.3 Å². The molecule has 26 heavy (non-hydrogen) atoms. The van der Waals surface area contributed by atoms with Crippen LogP contribution in [-0.4, -0.2) is 46.6 Å². The Morgan fingerprint density at radius 3 is 3.04 bits per heavy atom. The molecule has 140 valence electrons. The minimum atomic E-state index is -0.00339. The Balaban J connectivity index is 0.00000196. The highest BCUT2D eigenvalue weighted by Gasteiger charge is 2.32. The van der Waals surface area contributed by atoms with Crippen LogP contribution in [0, 0.1) is 0 Å². The molecule has 2 unspecified atom stereocenters. The van der Waals surface area contributed by atoms with Gasteiger partial charge in [-0.3, -0.25) is 4.79 Å². The van der Waals surface area contributed by atoms with E-state index in [1.165, 1.54) is 0 Å². The number of imidazole rings is 1. The first-order valence-corrected chi connectivity index (χ1v) is 8.93. The van der Waals surface area contributed by atoms with Crippen LogP contribution in [-0.2, 0) is 11.8 Å². The second kappa shape index (κ2) is 8.10. The third-order valence-corrected chi connectivity index (χ3v) is 5.22. The molecular weight excluding hydrogens is 352 g/mol. The number of aryl methyl sites for hydroxylation is 1. The van der Waals surface area contributed by atoms with Gasteiger partial charge in [-0.15, -0.1) is 12.4 Å². The summed E-state index contributed by atoms with van der Waals surface area (Å²) < 4.78 is 7.73. The number of amides is 1. The van der Waals surface area contributed by atoms with E-state index in [0.717, 1.165) is 43.2 Å². The number of hydrogen-bond donors (Lipinski definition) is 1. The molecule has 0 saturated carbocycles. The smallest absolute Gasteiger partial charge is 0.223 e. The van der Waals surface area contributed by atoms with Gasteiger partial charge in [0.05, 0.1) is 6.61 Å². The molecule has 1 fully saturated rings. The summed E-state index contributed by atoms with van der Waals surface area (Å²) in [6.45, 7) is 2.98. The van der Waals surface area contributed by atoms with Gasteiger partial charge >= 0.3 is 0 Å². The van der Waals surface area contributed by atoms with Gasteiger partial charge in [-0.2, -0.15) is 0 Å². The first kappa shape index (κ1) is 18.7. The zero-order valence-corrected chi connectivity index (χ0v) is 15.7. The summed E-state index contributed by atoms with van der Waals surface area (Å²) in [4.78, 5) is 19.6. The van der Waals surface area contributed by atoms with Crippen LogP contribution < -0.4 is 10.1 Å². The standard InChI is InChI=1S/C19H24N4O2.ClH/c1-22-9-8-21-19(22)16-13-20-7-10-23(16)18(24)12-14-6-11-25-17-5-3-2-4-15(14)17;/h2-5,8-9,14,16,20H,6-7,10-13H2,1H3;1H. The molecule has 1 saturated heterocycles. The molecule has 3 heterocycles. The summed E-state index contributed by atoms with van der Waals surface area (Å²) in [5.74, 6) is 2.30. The molecule has 0 aliphatic carbocycles. The zero-order chi connectivity index (χ0) is 17.2. The molecular formula is C19H25ClN4O2. The predicted molar refractivity (Wildman–Crippen MR) is 102 cm³/mol. The molecule has 7 heteroatoms. The molecule has 6 nitrogen and oxygen atoms in total. The van der Waals surface area contributed by atoms with Gasteiger partial charge in [0.1, 0.15) is 17.6 Å². The first-order chi connectivity index (χ1) is 12.2. The molecule has 2 aliphatic rings. The van der Waals surface area contributed by atoms with Crippen LogP contribution in [0.5, 0.6) is 5.75 Å². The summed E-state index contributed by atoms with van der Waals surface area (Å²) >= 11 is 0. The lowest BCUT2D eigenvalue weighted by atomic mass is 9.89. The third kappa shape index (κ3) is 3.57. The predicted octanol–water partition coefficient (Wildman–Crippen LogP) is 2.27. The number of nitrogens with one attached hydrogen (secondary N) is 1. The molecule has 0 bridgehead atoms. The van der Waals surface area contributed by atoms with E-state index in [2.05, 4.69) is 16.4 Å². The second-order valence-electron chi connectivity index (χ2n) is 6.78. The van der Waals surface area contributed by atoms with Gasteiger partial charge in [-0.05, 0) is 24.0 Å². The number of ether oxygens (including phenoxy) is 1. The van der Waals surface area contributed by atoms with Gasteiger partial charge in [0, 0.05) is 45.5 Å². The average Bonchev–Trinajstić information content (AvgIpc) is 3.08. The number of piperazine rings is 1. The SMILES string of the molecule is Cl.Cn1ccnc1C1CNCCN1C(=O)CC1CCOc2ccccc21. The van der Waals surface area contributed by atoms with Crippen molar-refractivity contribution < 1.29 is 9.53 Å². The lowest BCUT2D eigenvalue weighted by molar-refractivity contribution is -0.135. The minimum Gasteiger partial charge on any atom is -0.493 e. The van der Waals surface area contributed by atoms with E-state index >= 15 is 0 Å². The summed E-state index contributed by atoms with van der Waals surface area (Å²) in [6.07, 6.45) is 5.14. The maximum absolute atomic E-state index is 13.1. The number of halogens is 1. The van der Waals surface area contributed by atoms with Gasteiger partial charge < -0.3 is 19.5 Å². The number of carbonyl (C=O) groups excluding carboxylic acids is 1. The van der Waals surface area contributed by atoms with Gasteiger partial charge in [0.2, 0.25) is 5.91 Å². The summed E-state index contributed by atoms with van der Waals surface area (Å²) in [7, 11) is 1.98. The summed E-state index contributed by atoms with van der Waals surface area (Å²) in [6, 6.07) is 8.08. The molecule has 1 aromatic heterocycles. The summed E-state index contributed by atoms with van der Waals surface area (Å²) in [5.41, 5.74) is 1.16. The second-order valence-corrected chi connectivity index (χ2v) is 6.78. The fourth-order valence-electron chi connectivity index (χ4n) is 3.89. The third-order valence-electron chi connectivity index (χ3n) is 5.22. The van der Waals surface area contributed by atoms with Crippen LogP contribution in [0.3, 0.4) is 0 Å². The molecule has 4 rings (SSSR count). The van der Waals surface area contributed by atoms with E-state index in [1.807, 2.05) is 40.9 Å². The molecule has 1 aromatic carbocycles. The van der Waals surface area contributed by atoms with Crippen molar-refractivity contribution in [3.8, 4) is 5.75 Å². The topological polar surface area (TPSA) is 59.4 Å². The minimum absolute atomic E-state index is 0. The Hall–Kier alpha value is -2.05. The monoisotopic (exact) mass is 376 g/mol. The number of nitrogens with zero attached hydrogens (tertiary/aromatic N) is 3. The van der Waals surface area contributed by atoms with E-state index in [-0.39, 0.29) is 30.3 Å². The Bertz CT molecular complexity index is 764. The van der Waals surface area contributed by atoms with Crippen molar-refractivity contribution in [2.45, 2.75) is 24.8 Å². The Labute approximate surface area is 160 Å². The maximum Gasteiger partial charge on any atom is 0.223 e. The lowest BCUT2D eigenvalue weighted by Gasteiger charge is -2.37. The van der Waals surface area contributed by atoms with Crippen molar-refractivity contribution in [3.63, 3.8) is 0 Å². The Kier molecular flexibility index (Phi) is 5.84. The molecule has 2 aliphatic heterocycles. The number of carbonyl (C=O) groups is 1. The van der Waals surface area contributed by atoms with Crippen molar-refractivity contribution in [2.75, 3.05) is 26.2 Å². The van der Waals surface area contributed by atoms with Crippen LogP contribution in [0.1, 0.15) is 36.2 Å². The van der Waals surface area contributed by atoms with Crippen molar-refractivity contribution in [1.29, 1.82) is 0 Å². The molecule has 1 amide bonds. The number of aromatic nitrogens is 2. The number of benzene rings is 1. The van der Waals surface area contributed by atoms with Crippen molar-refractivity contribution in [2.24, 2.45) is 7.05 Å². The Morgan fingerprint density at radius 2 is 2.23 bits per heavy atom. The Morgan fingerprint density at radius 1 is 1.38 bits per heavy atom. The molecule has 0 radical (unpaired) electrons. The van der Waals surface area contributed by atoms with Crippen molar-refractivity contribution in [3.05, 3.63) is 48.0 Å². The highest BCUT2D eigenvalue weighted by molar-refractivity contribution is 5.85. The maximum atomic E-state index is 13.1. The van der Waals surface area contributed by atoms with E-state index in [1.54, 1.807) is 6.20 Å². The number of rotatable bonds is 3. The number of para-hydroxylation sites is 1. The molecule has 0 spiro atoms. The van der Waals surface area contributed by atoms with E-state index in [9.17, 15) is 4.79 Å². The van der Waals surface area contributed by atoms with Crippen LogP contribution >= 0.6 is 12.4 Å². The van der Waals surface area contributed by atoms with Gasteiger partial charge in [-0.1, -0.05) is 18.2 Å². The van der Waals surface area contributed by atoms with E-state index < -0.39 is 0 Å². The van der Waals surface area contributed by atoms with E-state index in [0.29, 0.717) is 13.0 Å². The number of fused-ring (bicyclic) bond motifs is 1. The lowest BCUT2D eigenvalue weighted by Crippen LogP contribution is -2.49. The largest absolute Gasteiger partial charge is 0.493 e. The number of hydrogen-bond acceptors (Lipinski definition) is 4. The molecule has 2 aromatic rings. The molecule has 2 atom stereocenters. The first-order valence-electron chi connectivity index (χ1n) is 8.93. The summed E-state index contributed by atoms with van der Waals surface area (Å²) in [5, 5.41) is 3.39. The van der Waals surface area contributed by atoms with Crippen molar-refractivity contribution in [1.82, 2.24) is 19.8 Å². The highest BCUT2D eigenvalue weighted by Crippen LogP contribution is 2.36. The normalized spacial score (nSPS) is 22.1. The molecule has 1 N–H and O–H groups in total. The van der Waals surface area contributed by atoms with Crippen LogP contribution in [0.2, 0.25) is 0 Å². The van der Waals surface area contributed by atoms with E-state index in [4.69, 9.17) is 4.74 Å². The fraction of sp³-hybridized carbons (Fsp3) is 0.474. The highest BCUT2D eigenvalue weighted by atomic mass is 35.5. The van der Waals surface area contributed by atoms with Crippen LogP contribution in [0.15, 0.2) is 36.7 Å². The zero-order valence-electron chi connectivity index (χ0n) is 14.9. The van der Waals surface area contributed by atoms with Gasteiger partial charge in [0.15, 0.2) is 0 Å². The average molecular weight is 377 g/mol. The van der Waals surface area contributed by atoms with Crippen LogP contribution in [0.25, 0.3) is 0 Å².